The van der Waals surface area contributed by atoms with E-state index in [2.05, 4.69) is 27.0 Å². The van der Waals surface area contributed by atoms with Crippen molar-refractivity contribution in [2.24, 2.45) is 0 Å². The van der Waals surface area contributed by atoms with Crippen molar-refractivity contribution in [2.45, 2.75) is 37.5 Å². The van der Waals surface area contributed by atoms with Crippen molar-refractivity contribution < 1.29 is 19.1 Å². The van der Waals surface area contributed by atoms with E-state index >= 15 is 0 Å². The van der Waals surface area contributed by atoms with Crippen LogP contribution in [-0.4, -0.2) is 70.7 Å². The average Bonchev–Trinajstić information content (AvgIpc) is 3.40. The Morgan fingerprint density at radius 2 is 1.96 bits per heavy atom. The first kappa shape index (κ1) is 17.0. The van der Waals surface area contributed by atoms with Gasteiger partial charge in [-0.25, -0.2) is 0 Å². The predicted molar refractivity (Wildman–Crippen MR) is 96.4 cm³/mol. The zero-order chi connectivity index (χ0) is 18.4. The molecule has 144 valence electrons. The van der Waals surface area contributed by atoms with E-state index in [1.807, 2.05) is 18.2 Å². The topological polar surface area (TPSA) is 84.1 Å². The largest absolute Gasteiger partial charge is 0.454 e. The molecule has 4 heterocycles. The maximum absolute atomic E-state index is 10.3. The minimum atomic E-state index is -0.351. The molecule has 8 nitrogen and oxygen atoms in total. The molecule has 2 fully saturated rings. The summed E-state index contributed by atoms with van der Waals surface area (Å²) in [6.45, 7) is 3.06. The Labute approximate surface area is 157 Å². The van der Waals surface area contributed by atoms with Gasteiger partial charge in [0.25, 0.3) is 0 Å². The summed E-state index contributed by atoms with van der Waals surface area (Å²) in [6.07, 6.45) is 2.48. The summed E-state index contributed by atoms with van der Waals surface area (Å²) in [5, 5.41) is 14.4. The highest BCUT2D eigenvalue weighted by Crippen LogP contribution is 2.38. The van der Waals surface area contributed by atoms with Gasteiger partial charge < -0.3 is 24.0 Å². The van der Waals surface area contributed by atoms with Gasteiger partial charge in [0.2, 0.25) is 18.5 Å². The quantitative estimate of drug-likeness (QED) is 0.871. The molecule has 0 unspecified atom stereocenters. The monoisotopic (exact) mass is 372 g/mol. The molecule has 0 radical (unpaired) electrons. The zero-order valence-corrected chi connectivity index (χ0v) is 15.4. The van der Waals surface area contributed by atoms with Gasteiger partial charge >= 0.3 is 0 Å². The number of piperidine rings is 1. The summed E-state index contributed by atoms with van der Waals surface area (Å²) in [7, 11) is 2.15. The summed E-state index contributed by atoms with van der Waals surface area (Å²) >= 11 is 0. The summed E-state index contributed by atoms with van der Waals surface area (Å²) in [5.41, 5.74) is 0.832. The summed E-state index contributed by atoms with van der Waals surface area (Å²) < 4.78 is 16.4. The van der Waals surface area contributed by atoms with Crippen LogP contribution in [0.25, 0.3) is 11.4 Å². The molecule has 0 saturated carbocycles. The third-order valence-corrected chi connectivity index (χ3v) is 5.83. The molecule has 5 rings (SSSR count). The zero-order valence-electron chi connectivity index (χ0n) is 15.4. The van der Waals surface area contributed by atoms with Crippen LogP contribution in [-0.2, 0) is 0 Å². The fraction of sp³-hybridized carbons (Fsp3) is 0.579. The second-order valence-corrected chi connectivity index (χ2v) is 7.66. The normalized spacial score (nSPS) is 26.7. The molecule has 1 aromatic carbocycles. The number of nitrogens with zero attached hydrogens (tertiary/aromatic N) is 4. The summed E-state index contributed by atoms with van der Waals surface area (Å²) in [4.78, 5) is 9.35. The van der Waals surface area contributed by atoms with E-state index in [4.69, 9.17) is 14.0 Å². The third kappa shape index (κ3) is 3.18. The highest BCUT2D eigenvalue weighted by atomic mass is 16.7. The van der Waals surface area contributed by atoms with Crippen molar-refractivity contribution >= 4 is 0 Å². The highest BCUT2D eigenvalue weighted by Gasteiger charge is 2.40. The van der Waals surface area contributed by atoms with Gasteiger partial charge in [0, 0.05) is 18.2 Å². The Kier molecular flexibility index (Phi) is 4.26. The molecule has 3 aliphatic heterocycles. The van der Waals surface area contributed by atoms with E-state index in [9.17, 15) is 5.11 Å². The number of aliphatic hydroxyl groups excluding tert-OH is 1. The Morgan fingerprint density at radius 3 is 2.81 bits per heavy atom. The minimum Gasteiger partial charge on any atom is -0.454 e. The number of ether oxygens (including phenoxy) is 2. The van der Waals surface area contributed by atoms with E-state index in [0.717, 1.165) is 37.2 Å². The smallest absolute Gasteiger partial charge is 0.244 e. The van der Waals surface area contributed by atoms with E-state index in [1.54, 1.807) is 0 Å². The third-order valence-electron chi connectivity index (χ3n) is 5.83. The van der Waals surface area contributed by atoms with Gasteiger partial charge in [0.15, 0.2) is 11.5 Å². The first-order valence-corrected chi connectivity index (χ1v) is 9.53. The van der Waals surface area contributed by atoms with Crippen molar-refractivity contribution in [2.75, 3.05) is 33.5 Å². The van der Waals surface area contributed by atoms with Crippen molar-refractivity contribution in [3.8, 4) is 22.9 Å². The predicted octanol–water partition coefficient (Wildman–Crippen LogP) is 1.67. The van der Waals surface area contributed by atoms with Gasteiger partial charge in [-0.3, -0.25) is 4.90 Å². The van der Waals surface area contributed by atoms with E-state index in [-0.39, 0.29) is 18.9 Å². The Hall–Kier alpha value is -2.16. The molecule has 0 bridgehead atoms. The molecule has 1 N–H and O–H groups in total. The molecule has 1 aromatic heterocycles. The lowest BCUT2D eigenvalue weighted by molar-refractivity contribution is 0.0881. The van der Waals surface area contributed by atoms with Gasteiger partial charge in [-0.2, -0.15) is 4.98 Å². The number of rotatable bonds is 3. The van der Waals surface area contributed by atoms with E-state index < -0.39 is 0 Å². The Balaban J connectivity index is 1.38. The number of hydrogen-bond donors (Lipinski definition) is 1. The molecular formula is C19H24N4O4. The van der Waals surface area contributed by atoms with Crippen LogP contribution in [0.1, 0.15) is 31.2 Å². The van der Waals surface area contributed by atoms with Crippen molar-refractivity contribution in [1.82, 2.24) is 19.9 Å². The standard InChI is InChI=1S/C19H24N4O4/c1-22-6-4-13(5-7-22)23-10-14(24)9-15(23)19-20-18(21-27-19)12-2-3-16-17(8-12)26-11-25-16/h2-3,8,13-15,24H,4-7,9-11H2,1H3/t14-,15+/m1/s1. The van der Waals surface area contributed by atoms with Gasteiger partial charge in [-0.15, -0.1) is 0 Å². The van der Waals surface area contributed by atoms with Crippen LogP contribution in [0.2, 0.25) is 0 Å². The van der Waals surface area contributed by atoms with Crippen LogP contribution >= 0.6 is 0 Å². The van der Waals surface area contributed by atoms with Gasteiger partial charge in [0.05, 0.1) is 12.1 Å². The molecule has 2 atom stereocenters. The molecule has 8 heteroatoms. The van der Waals surface area contributed by atoms with Gasteiger partial charge in [0.1, 0.15) is 0 Å². The SMILES string of the molecule is CN1CCC(N2C[C@H](O)C[C@H]2c2nc(-c3ccc4c(c3)OCO4)no2)CC1. The second-order valence-electron chi connectivity index (χ2n) is 7.66. The number of fused-ring (bicyclic) bond motifs is 1. The van der Waals surface area contributed by atoms with Crippen LogP contribution in [0.3, 0.4) is 0 Å². The first-order chi connectivity index (χ1) is 13.2. The summed E-state index contributed by atoms with van der Waals surface area (Å²) in [5.74, 6) is 2.55. The lowest BCUT2D eigenvalue weighted by atomic mass is 10.0. The highest BCUT2D eigenvalue weighted by molar-refractivity contribution is 5.61. The molecule has 0 amide bonds. The van der Waals surface area contributed by atoms with Gasteiger partial charge in [-0.1, -0.05) is 5.16 Å². The summed E-state index contributed by atoms with van der Waals surface area (Å²) in [6, 6.07) is 6.06. The lowest BCUT2D eigenvalue weighted by Crippen LogP contribution is -2.43. The average molecular weight is 372 g/mol. The Bertz CT molecular complexity index is 818. The lowest BCUT2D eigenvalue weighted by Gasteiger charge is -2.37. The first-order valence-electron chi connectivity index (χ1n) is 9.53. The number of benzene rings is 1. The fourth-order valence-corrected chi connectivity index (χ4v) is 4.33. The molecule has 27 heavy (non-hydrogen) atoms. The van der Waals surface area contributed by atoms with Crippen molar-refractivity contribution in [3.63, 3.8) is 0 Å². The molecule has 3 aliphatic rings. The van der Waals surface area contributed by atoms with Crippen LogP contribution in [0, 0.1) is 0 Å². The van der Waals surface area contributed by atoms with Crippen LogP contribution in [0.4, 0.5) is 0 Å². The van der Waals surface area contributed by atoms with Crippen LogP contribution in [0.5, 0.6) is 11.5 Å². The van der Waals surface area contributed by atoms with Gasteiger partial charge in [-0.05, 0) is 57.6 Å². The molecule has 0 aliphatic carbocycles. The molecule has 2 aromatic rings. The van der Waals surface area contributed by atoms with E-state index in [1.165, 1.54) is 0 Å². The number of likely N-dealkylation sites (tertiary alicyclic amines) is 2. The van der Waals surface area contributed by atoms with E-state index in [0.29, 0.717) is 36.5 Å². The number of hydrogen-bond acceptors (Lipinski definition) is 8. The molecule has 0 spiro atoms. The van der Waals surface area contributed by atoms with Crippen LogP contribution in [0.15, 0.2) is 22.7 Å². The minimum absolute atomic E-state index is 0.0244. The number of aliphatic hydroxyl groups is 1. The van der Waals surface area contributed by atoms with Crippen LogP contribution < -0.4 is 9.47 Å². The molecule has 2 saturated heterocycles. The van der Waals surface area contributed by atoms with Crippen molar-refractivity contribution in [3.05, 3.63) is 24.1 Å². The maximum Gasteiger partial charge on any atom is 0.244 e. The number of aromatic nitrogens is 2. The fourth-order valence-electron chi connectivity index (χ4n) is 4.33. The Morgan fingerprint density at radius 1 is 1.15 bits per heavy atom. The molecular weight excluding hydrogens is 348 g/mol. The second kappa shape index (κ2) is 6.78. The number of β-amino-alcohol motifs (C(OH)–C–C–N with tert-alkyl or cyclic N) is 1. The maximum atomic E-state index is 10.3. The van der Waals surface area contributed by atoms with Crippen molar-refractivity contribution in [1.29, 1.82) is 0 Å².